The Hall–Kier alpha value is -2.26. The SMILES string of the molecule is CCOC(=O)c1cc(C#N)c(NCN(C)C)cc1O. The van der Waals surface area contributed by atoms with Crippen molar-refractivity contribution in [1.29, 1.82) is 5.26 Å². The van der Waals surface area contributed by atoms with E-state index < -0.39 is 5.97 Å². The van der Waals surface area contributed by atoms with Crippen LogP contribution in [0.4, 0.5) is 5.69 Å². The summed E-state index contributed by atoms with van der Waals surface area (Å²) in [6, 6.07) is 4.66. The second-order valence-corrected chi connectivity index (χ2v) is 4.16. The molecular formula is C13H17N3O3. The van der Waals surface area contributed by atoms with Gasteiger partial charge in [0, 0.05) is 6.07 Å². The number of nitrogens with one attached hydrogen (secondary N) is 1. The van der Waals surface area contributed by atoms with Gasteiger partial charge in [0.05, 0.1) is 24.5 Å². The lowest BCUT2D eigenvalue weighted by molar-refractivity contribution is 0.0523. The Morgan fingerprint density at radius 3 is 2.74 bits per heavy atom. The van der Waals surface area contributed by atoms with Gasteiger partial charge >= 0.3 is 5.97 Å². The average Bonchev–Trinajstić information content (AvgIpc) is 2.36. The Morgan fingerprint density at radius 1 is 1.53 bits per heavy atom. The molecule has 0 amide bonds. The third kappa shape index (κ3) is 3.86. The van der Waals surface area contributed by atoms with Gasteiger partial charge in [0.1, 0.15) is 17.4 Å². The average molecular weight is 263 g/mol. The maximum atomic E-state index is 11.6. The third-order valence-electron chi connectivity index (χ3n) is 2.34. The van der Waals surface area contributed by atoms with Crippen molar-refractivity contribution in [1.82, 2.24) is 4.90 Å². The first-order chi connectivity index (χ1) is 8.99. The van der Waals surface area contributed by atoms with E-state index >= 15 is 0 Å². The fourth-order valence-corrected chi connectivity index (χ4v) is 1.44. The van der Waals surface area contributed by atoms with Crippen LogP contribution in [0.25, 0.3) is 0 Å². The number of hydrogen-bond acceptors (Lipinski definition) is 6. The van der Waals surface area contributed by atoms with E-state index in [2.05, 4.69) is 5.32 Å². The van der Waals surface area contributed by atoms with Crippen molar-refractivity contribution in [3.8, 4) is 11.8 Å². The summed E-state index contributed by atoms with van der Waals surface area (Å²) in [5, 5.41) is 21.9. The van der Waals surface area contributed by atoms with Crippen molar-refractivity contribution >= 4 is 11.7 Å². The molecule has 0 radical (unpaired) electrons. The van der Waals surface area contributed by atoms with Crippen LogP contribution in [0.2, 0.25) is 0 Å². The molecule has 0 spiro atoms. The summed E-state index contributed by atoms with van der Waals surface area (Å²) in [5.41, 5.74) is 0.748. The minimum Gasteiger partial charge on any atom is -0.507 e. The smallest absolute Gasteiger partial charge is 0.341 e. The van der Waals surface area contributed by atoms with Gasteiger partial charge < -0.3 is 15.2 Å². The summed E-state index contributed by atoms with van der Waals surface area (Å²) < 4.78 is 4.81. The van der Waals surface area contributed by atoms with Gasteiger partial charge in [-0.3, -0.25) is 4.90 Å². The molecule has 0 fully saturated rings. The van der Waals surface area contributed by atoms with Crippen molar-refractivity contribution < 1.29 is 14.6 Å². The molecule has 0 atom stereocenters. The predicted molar refractivity (Wildman–Crippen MR) is 71.0 cm³/mol. The minimum atomic E-state index is -0.643. The monoisotopic (exact) mass is 263 g/mol. The second-order valence-electron chi connectivity index (χ2n) is 4.16. The summed E-state index contributed by atoms with van der Waals surface area (Å²) in [6.07, 6.45) is 0. The van der Waals surface area contributed by atoms with Gasteiger partial charge in [-0.05, 0) is 27.1 Å². The van der Waals surface area contributed by atoms with Crippen LogP contribution >= 0.6 is 0 Å². The van der Waals surface area contributed by atoms with Gasteiger partial charge in [0.25, 0.3) is 0 Å². The van der Waals surface area contributed by atoms with Gasteiger partial charge in [-0.25, -0.2) is 4.79 Å². The summed E-state index contributed by atoms with van der Waals surface area (Å²) in [6.45, 7) is 2.39. The highest BCUT2D eigenvalue weighted by Crippen LogP contribution is 2.26. The maximum absolute atomic E-state index is 11.6. The van der Waals surface area contributed by atoms with Crippen molar-refractivity contribution in [2.45, 2.75) is 6.92 Å². The van der Waals surface area contributed by atoms with E-state index in [4.69, 9.17) is 10.00 Å². The highest BCUT2D eigenvalue weighted by Gasteiger charge is 2.16. The normalized spacial score (nSPS) is 10.1. The molecule has 1 aromatic carbocycles. The molecular weight excluding hydrogens is 246 g/mol. The quantitative estimate of drug-likeness (QED) is 0.616. The number of anilines is 1. The lowest BCUT2D eigenvalue weighted by Gasteiger charge is -2.14. The molecule has 0 aliphatic heterocycles. The van der Waals surface area contributed by atoms with Crippen molar-refractivity contribution in [3.63, 3.8) is 0 Å². The van der Waals surface area contributed by atoms with E-state index in [-0.39, 0.29) is 23.5 Å². The van der Waals surface area contributed by atoms with E-state index in [1.165, 1.54) is 12.1 Å². The van der Waals surface area contributed by atoms with Crippen LogP contribution in [0.15, 0.2) is 12.1 Å². The lowest BCUT2D eigenvalue weighted by atomic mass is 10.1. The van der Waals surface area contributed by atoms with Crippen LogP contribution in [-0.2, 0) is 4.74 Å². The number of benzene rings is 1. The summed E-state index contributed by atoms with van der Waals surface area (Å²) in [4.78, 5) is 13.5. The van der Waals surface area contributed by atoms with Crippen molar-refractivity contribution in [3.05, 3.63) is 23.3 Å². The molecule has 0 bridgehead atoms. The number of phenols is 1. The Labute approximate surface area is 112 Å². The fourth-order valence-electron chi connectivity index (χ4n) is 1.44. The van der Waals surface area contributed by atoms with E-state index in [1.807, 2.05) is 25.1 Å². The maximum Gasteiger partial charge on any atom is 0.341 e. The molecule has 102 valence electrons. The molecule has 0 heterocycles. The number of hydrogen-bond donors (Lipinski definition) is 2. The molecule has 0 aliphatic rings. The molecule has 0 unspecified atom stereocenters. The first-order valence-corrected chi connectivity index (χ1v) is 5.82. The molecule has 19 heavy (non-hydrogen) atoms. The number of nitriles is 1. The standard InChI is InChI=1S/C13H17N3O3/c1-4-19-13(18)10-5-9(7-14)11(6-12(10)17)15-8-16(2)3/h5-6,15,17H,4,8H2,1-3H3. The van der Waals surface area contributed by atoms with Gasteiger partial charge in [-0.1, -0.05) is 0 Å². The molecule has 1 aromatic rings. The van der Waals surface area contributed by atoms with Crippen LogP contribution in [-0.4, -0.2) is 43.3 Å². The zero-order valence-electron chi connectivity index (χ0n) is 11.2. The van der Waals surface area contributed by atoms with Gasteiger partial charge in [-0.2, -0.15) is 5.26 Å². The van der Waals surface area contributed by atoms with E-state index in [9.17, 15) is 9.90 Å². The Bertz CT molecular complexity index is 507. The minimum absolute atomic E-state index is 0.00574. The van der Waals surface area contributed by atoms with Gasteiger partial charge in [0.15, 0.2) is 0 Å². The number of rotatable bonds is 5. The van der Waals surface area contributed by atoms with Crippen LogP contribution < -0.4 is 5.32 Å². The van der Waals surface area contributed by atoms with Crippen LogP contribution in [0.5, 0.6) is 5.75 Å². The highest BCUT2D eigenvalue weighted by atomic mass is 16.5. The molecule has 0 saturated carbocycles. The number of esters is 1. The van der Waals surface area contributed by atoms with Crippen molar-refractivity contribution in [2.75, 3.05) is 32.7 Å². The fraction of sp³-hybridized carbons (Fsp3) is 0.385. The molecule has 6 nitrogen and oxygen atoms in total. The first-order valence-electron chi connectivity index (χ1n) is 5.82. The zero-order chi connectivity index (χ0) is 14.4. The van der Waals surface area contributed by atoms with Crippen LogP contribution in [0, 0.1) is 11.3 Å². The van der Waals surface area contributed by atoms with Crippen LogP contribution in [0.3, 0.4) is 0 Å². The zero-order valence-corrected chi connectivity index (χ0v) is 11.2. The number of phenolic OH excluding ortho intramolecular Hbond substituents is 1. The Morgan fingerprint density at radius 2 is 2.21 bits per heavy atom. The molecule has 2 N–H and O–H groups in total. The van der Waals surface area contributed by atoms with Crippen LogP contribution in [0.1, 0.15) is 22.8 Å². The summed E-state index contributed by atoms with van der Waals surface area (Å²) in [7, 11) is 3.73. The predicted octanol–water partition coefficient (Wildman–Crippen LogP) is 1.37. The van der Waals surface area contributed by atoms with E-state index in [0.717, 1.165) is 0 Å². The first kappa shape index (κ1) is 14.8. The van der Waals surface area contributed by atoms with Gasteiger partial charge in [0.2, 0.25) is 0 Å². The molecule has 0 aromatic heterocycles. The molecule has 1 rings (SSSR count). The number of carbonyl (C=O) groups is 1. The summed E-state index contributed by atoms with van der Waals surface area (Å²) >= 11 is 0. The largest absolute Gasteiger partial charge is 0.507 e. The van der Waals surface area contributed by atoms with E-state index in [1.54, 1.807) is 6.92 Å². The Kier molecular flexibility index (Phi) is 5.15. The molecule has 6 heteroatoms. The Balaban J connectivity index is 3.07. The molecule has 0 saturated heterocycles. The number of carbonyl (C=O) groups excluding carboxylic acids is 1. The lowest BCUT2D eigenvalue weighted by Crippen LogP contribution is -2.21. The number of aromatic hydroxyl groups is 1. The van der Waals surface area contributed by atoms with E-state index in [0.29, 0.717) is 12.4 Å². The van der Waals surface area contributed by atoms with Gasteiger partial charge in [-0.15, -0.1) is 0 Å². The number of nitrogens with zero attached hydrogens (tertiary/aromatic N) is 2. The number of ether oxygens (including phenoxy) is 1. The topological polar surface area (TPSA) is 85.6 Å². The second kappa shape index (κ2) is 6.61. The summed E-state index contributed by atoms with van der Waals surface area (Å²) in [5.74, 6) is -0.852. The third-order valence-corrected chi connectivity index (χ3v) is 2.34. The molecule has 0 aliphatic carbocycles. The van der Waals surface area contributed by atoms with Crippen molar-refractivity contribution in [2.24, 2.45) is 0 Å². The highest BCUT2D eigenvalue weighted by molar-refractivity contribution is 5.94.